The second-order valence-corrected chi connectivity index (χ2v) is 4.70. The van der Waals surface area contributed by atoms with Crippen LogP contribution in [-0.2, 0) is 0 Å². The lowest BCUT2D eigenvalue weighted by molar-refractivity contribution is 0.0954. The first-order valence-corrected chi connectivity index (χ1v) is 6.24. The van der Waals surface area contributed by atoms with E-state index in [9.17, 15) is 4.79 Å². The minimum Gasteiger partial charge on any atom is -0.493 e. The zero-order valence-corrected chi connectivity index (χ0v) is 12.7. The minimum atomic E-state index is -0.279. The van der Waals surface area contributed by atoms with Crippen LogP contribution >= 0.6 is 15.9 Å². The third-order valence-electron chi connectivity index (χ3n) is 2.39. The molecule has 0 aliphatic carbocycles. The lowest BCUT2D eigenvalue weighted by Crippen LogP contribution is -2.25. The Hall–Kier alpha value is -1.69. The summed E-state index contributed by atoms with van der Waals surface area (Å²) in [4.78, 5) is 12.0. The molecule has 0 spiro atoms. The van der Waals surface area contributed by atoms with Crippen molar-refractivity contribution < 1.29 is 19.0 Å². The van der Waals surface area contributed by atoms with E-state index in [1.807, 2.05) is 0 Å². The van der Waals surface area contributed by atoms with Crippen LogP contribution in [0.4, 0.5) is 0 Å². The Bertz CT molecular complexity index is 488. The van der Waals surface area contributed by atoms with Crippen molar-refractivity contribution in [2.24, 2.45) is 0 Å². The Morgan fingerprint density at radius 3 is 2.32 bits per heavy atom. The molecule has 0 unspecified atom stereocenters. The average Bonchev–Trinajstić information content (AvgIpc) is 2.42. The van der Waals surface area contributed by atoms with Gasteiger partial charge in [0.05, 0.1) is 26.9 Å². The second-order valence-electron chi connectivity index (χ2n) is 3.58. The number of hydrogen-bond donors (Lipinski definition) is 1. The third kappa shape index (κ3) is 3.64. The fourth-order valence-corrected chi connectivity index (χ4v) is 1.69. The summed E-state index contributed by atoms with van der Waals surface area (Å²) in [6.45, 7) is 3.98. The van der Waals surface area contributed by atoms with E-state index in [0.717, 1.165) is 0 Å². The molecule has 6 heteroatoms. The quantitative estimate of drug-likeness (QED) is 0.870. The first-order valence-electron chi connectivity index (χ1n) is 5.45. The maximum Gasteiger partial charge on any atom is 0.255 e. The van der Waals surface area contributed by atoms with Crippen molar-refractivity contribution >= 4 is 21.8 Å². The number of amides is 1. The molecular weight excluding hydrogens is 314 g/mol. The van der Waals surface area contributed by atoms with E-state index in [0.29, 0.717) is 33.8 Å². The van der Waals surface area contributed by atoms with Crippen molar-refractivity contribution in [1.29, 1.82) is 0 Å². The maximum absolute atomic E-state index is 12.0. The standard InChI is InChI=1S/C13H16BrNO4/c1-8(14)7-15-13(16)9-5-6-10(17-2)12(19-4)11(9)18-3/h5-6H,1,7H2,2-4H3,(H,15,16). The van der Waals surface area contributed by atoms with E-state index in [1.165, 1.54) is 21.3 Å². The van der Waals surface area contributed by atoms with Gasteiger partial charge in [-0.2, -0.15) is 0 Å². The second kappa shape index (κ2) is 7.04. The fourth-order valence-electron chi connectivity index (χ4n) is 1.55. The van der Waals surface area contributed by atoms with E-state index >= 15 is 0 Å². The fraction of sp³-hybridized carbons (Fsp3) is 0.308. The van der Waals surface area contributed by atoms with Crippen molar-refractivity contribution in [1.82, 2.24) is 5.32 Å². The molecule has 0 radical (unpaired) electrons. The third-order valence-corrected chi connectivity index (χ3v) is 2.67. The van der Waals surface area contributed by atoms with Crippen LogP contribution in [0.3, 0.4) is 0 Å². The molecule has 1 aromatic rings. The molecule has 1 N–H and O–H groups in total. The van der Waals surface area contributed by atoms with E-state index < -0.39 is 0 Å². The molecular formula is C13H16BrNO4. The first-order chi connectivity index (χ1) is 9.04. The summed E-state index contributed by atoms with van der Waals surface area (Å²) in [5, 5.41) is 2.70. The largest absolute Gasteiger partial charge is 0.493 e. The van der Waals surface area contributed by atoms with Gasteiger partial charge < -0.3 is 19.5 Å². The Kier molecular flexibility index (Phi) is 5.69. The van der Waals surface area contributed by atoms with E-state index in [1.54, 1.807) is 12.1 Å². The molecule has 0 heterocycles. The lowest BCUT2D eigenvalue weighted by atomic mass is 10.1. The van der Waals surface area contributed by atoms with Gasteiger partial charge in [-0.25, -0.2) is 0 Å². The van der Waals surface area contributed by atoms with Crippen LogP contribution in [0, 0.1) is 0 Å². The molecule has 0 bridgehead atoms. The van der Waals surface area contributed by atoms with Gasteiger partial charge in [0.15, 0.2) is 11.5 Å². The Balaban J connectivity index is 3.13. The Morgan fingerprint density at radius 2 is 1.84 bits per heavy atom. The molecule has 0 aliphatic rings. The molecule has 0 aliphatic heterocycles. The zero-order chi connectivity index (χ0) is 14.4. The summed E-state index contributed by atoms with van der Waals surface area (Å²) in [7, 11) is 4.48. The molecule has 19 heavy (non-hydrogen) atoms. The Morgan fingerprint density at radius 1 is 1.21 bits per heavy atom. The summed E-state index contributed by atoms with van der Waals surface area (Å²) in [6, 6.07) is 3.27. The molecule has 1 rings (SSSR count). The molecule has 0 saturated carbocycles. The number of benzene rings is 1. The van der Waals surface area contributed by atoms with E-state index in [4.69, 9.17) is 14.2 Å². The van der Waals surface area contributed by atoms with E-state index in [2.05, 4.69) is 27.8 Å². The topological polar surface area (TPSA) is 56.8 Å². The summed E-state index contributed by atoms with van der Waals surface area (Å²) >= 11 is 3.18. The molecule has 0 fully saturated rings. The highest BCUT2D eigenvalue weighted by Gasteiger charge is 2.20. The van der Waals surface area contributed by atoms with Crippen LogP contribution in [0.15, 0.2) is 23.2 Å². The predicted octanol–water partition coefficient (Wildman–Crippen LogP) is 2.35. The predicted molar refractivity (Wildman–Crippen MR) is 76.5 cm³/mol. The number of carbonyl (C=O) groups excluding carboxylic acids is 1. The lowest BCUT2D eigenvalue weighted by Gasteiger charge is -2.15. The van der Waals surface area contributed by atoms with Gasteiger partial charge in [0.25, 0.3) is 5.91 Å². The van der Waals surface area contributed by atoms with Gasteiger partial charge in [-0.3, -0.25) is 4.79 Å². The number of hydrogen-bond acceptors (Lipinski definition) is 4. The molecule has 0 atom stereocenters. The van der Waals surface area contributed by atoms with Crippen LogP contribution in [0.5, 0.6) is 17.2 Å². The van der Waals surface area contributed by atoms with Crippen LogP contribution in [0.1, 0.15) is 10.4 Å². The van der Waals surface area contributed by atoms with Gasteiger partial charge in [-0.1, -0.05) is 22.5 Å². The van der Waals surface area contributed by atoms with Crippen molar-refractivity contribution in [2.45, 2.75) is 0 Å². The minimum absolute atomic E-state index is 0.279. The first kappa shape index (κ1) is 15.4. The summed E-state index contributed by atoms with van der Waals surface area (Å²) in [5.74, 6) is 0.939. The number of halogens is 1. The van der Waals surface area contributed by atoms with Gasteiger partial charge in [0.2, 0.25) is 5.75 Å². The normalized spacial score (nSPS) is 9.68. The highest BCUT2D eigenvalue weighted by Crippen LogP contribution is 2.39. The van der Waals surface area contributed by atoms with Crippen molar-refractivity contribution in [3.8, 4) is 17.2 Å². The van der Waals surface area contributed by atoms with Crippen LogP contribution in [0.2, 0.25) is 0 Å². The molecule has 0 aromatic heterocycles. The number of methoxy groups -OCH3 is 3. The van der Waals surface area contributed by atoms with Gasteiger partial charge in [-0.15, -0.1) is 0 Å². The van der Waals surface area contributed by atoms with Crippen LogP contribution < -0.4 is 19.5 Å². The van der Waals surface area contributed by atoms with Gasteiger partial charge in [-0.05, 0) is 12.1 Å². The van der Waals surface area contributed by atoms with E-state index in [-0.39, 0.29) is 5.91 Å². The SMILES string of the molecule is C=C(Br)CNC(=O)c1ccc(OC)c(OC)c1OC. The number of rotatable bonds is 6. The molecule has 1 aromatic carbocycles. The molecule has 1 amide bonds. The Labute approximate surface area is 120 Å². The monoisotopic (exact) mass is 329 g/mol. The zero-order valence-electron chi connectivity index (χ0n) is 11.1. The van der Waals surface area contributed by atoms with Crippen LogP contribution in [0.25, 0.3) is 0 Å². The van der Waals surface area contributed by atoms with Gasteiger partial charge in [0.1, 0.15) is 0 Å². The van der Waals surface area contributed by atoms with Gasteiger partial charge in [0, 0.05) is 11.0 Å². The average molecular weight is 330 g/mol. The number of ether oxygens (including phenoxy) is 3. The van der Waals surface area contributed by atoms with Crippen molar-refractivity contribution in [2.75, 3.05) is 27.9 Å². The highest BCUT2D eigenvalue weighted by atomic mass is 79.9. The molecule has 0 saturated heterocycles. The summed E-state index contributed by atoms with van der Waals surface area (Å²) in [6.07, 6.45) is 0. The van der Waals surface area contributed by atoms with Crippen molar-refractivity contribution in [3.63, 3.8) is 0 Å². The number of nitrogens with one attached hydrogen (secondary N) is 1. The highest BCUT2D eigenvalue weighted by molar-refractivity contribution is 9.11. The molecule has 5 nitrogen and oxygen atoms in total. The van der Waals surface area contributed by atoms with Crippen LogP contribution in [-0.4, -0.2) is 33.8 Å². The summed E-state index contributed by atoms with van der Waals surface area (Å²) in [5.41, 5.74) is 0.369. The number of carbonyl (C=O) groups is 1. The summed E-state index contributed by atoms with van der Waals surface area (Å²) < 4.78 is 16.3. The van der Waals surface area contributed by atoms with Crippen molar-refractivity contribution in [3.05, 3.63) is 28.8 Å². The smallest absolute Gasteiger partial charge is 0.255 e. The van der Waals surface area contributed by atoms with Gasteiger partial charge >= 0.3 is 0 Å². The molecule has 104 valence electrons. The maximum atomic E-state index is 12.0.